The van der Waals surface area contributed by atoms with Crippen LogP contribution in [0.5, 0.6) is 0 Å². The maximum atomic E-state index is 12.5. The van der Waals surface area contributed by atoms with Crippen molar-refractivity contribution in [3.05, 3.63) is 35.4 Å². The van der Waals surface area contributed by atoms with Gasteiger partial charge < -0.3 is 5.32 Å². The normalized spacial score (nSPS) is 16.8. The van der Waals surface area contributed by atoms with Gasteiger partial charge in [0, 0.05) is 17.4 Å². The highest BCUT2D eigenvalue weighted by molar-refractivity contribution is 9.09. The lowest BCUT2D eigenvalue weighted by molar-refractivity contribution is 0.0942. The molecule has 2 nitrogen and oxygen atoms in total. The van der Waals surface area contributed by atoms with Gasteiger partial charge in [0.2, 0.25) is 0 Å². The highest BCUT2D eigenvalue weighted by atomic mass is 79.9. The number of hydrogen-bond acceptors (Lipinski definition) is 1. The second-order valence-electron chi connectivity index (χ2n) is 6.92. The van der Waals surface area contributed by atoms with Crippen LogP contribution in [0.3, 0.4) is 0 Å². The van der Waals surface area contributed by atoms with Crippen LogP contribution in [0.2, 0.25) is 0 Å². The lowest BCUT2D eigenvalue weighted by Crippen LogP contribution is -2.32. The Bertz CT molecular complexity index is 486. The molecule has 0 aromatic heterocycles. The quantitative estimate of drug-likeness (QED) is 0.798. The fourth-order valence-corrected chi connectivity index (χ4v) is 3.43. The third kappa shape index (κ3) is 3.63. The molecule has 1 aliphatic carbocycles. The van der Waals surface area contributed by atoms with Crippen LogP contribution < -0.4 is 5.32 Å². The van der Waals surface area contributed by atoms with Gasteiger partial charge in [-0.25, -0.2) is 0 Å². The van der Waals surface area contributed by atoms with Crippen LogP contribution >= 0.6 is 15.9 Å². The van der Waals surface area contributed by atoms with Gasteiger partial charge in [0.1, 0.15) is 0 Å². The van der Waals surface area contributed by atoms with Crippen LogP contribution in [0, 0.1) is 5.41 Å². The van der Waals surface area contributed by atoms with E-state index in [-0.39, 0.29) is 11.3 Å². The zero-order valence-electron chi connectivity index (χ0n) is 12.6. The zero-order chi connectivity index (χ0) is 14.8. The van der Waals surface area contributed by atoms with Gasteiger partial charge in [0.05, 0.1) is 0 Å². The Kier molecular flexibility index (Phi) is 4.58. The van der Waals surface area contributed by atoms with E-state index < -0.39 is 0 Å². The number of amides is 1. The molecule has 2 rings (SSSR count). The van der Waals surface area contributed by atoms with Gasteiger partial charge in [0.15, 0.2) is 0 Å². The van der Waals surface area contributed by atoms with Gasteiger partial charge in [-0.1, -0.05) is 54.9 Å². The molecule has 1 saturated carbocycles. The molecular formula is C17H24BrNO. The summed E-state index contributed by atoms with van der Waals surface area (Å²) in [5.41, 5.74) is 2.27. The summed E-state index contributed by atoms with van der Waals surface area (Å²) in [7, 11) is 0. The van der Waals surface area contributed by atoms with Gasteiger partial charge in [0.25, 0.3) is 5.91 Å². The average Bonchev–Trinajstić information content (AvgIpc) is 3.16. The highest BCUT2D eigenvalue weighted by Gasteiger charge is 2.41. The minimum Gasteiger partial charge on any atom is -0.351 e. The Labute approximate surface area is 130 Å². The summed E-state index contributed by atoms with van der Waals surface area (Å²) in [6, 6.07) is 7.93. The van der Waals surface area contributed by atoms with Gasteiger partial charge in [-0.15, -0.1) is 0 Å². The molecule has 0 spiro atoms. The Morgan fingerprint density at radius 3 is 2.50 bits per heavy atom. The maximum absolute atomic E-state index is 12.5. The van der Waals surface area contributed by atoms with Crippen molar-refractivity contribution in [2.45, 2.75) is 45.4 Å². The molecule has 1 fully saturated rings. The smallest absolute Gasteiger partial charge is 0.251 e. The lowest BCUT2D eigenvalue weighted by Gasteiger charge is -2.23. The van der Waals surface area contributed by atoms with E-state index in [1.165, 1.54) is 12.8 Å². The van der Waals surface area contributed by atoms with E-state index in [0.29, 0.717) is 5.41 Å². The van der Waals surface area contributed by atoms with Crippen molar-refractivity contribution in [1.29, 1.82) is 0 Å². The average molecular weight is 338 g/mol. The van der Waals surface area contributed by atoms with Crippen molar-refractivity contribution in [2.24, 2.45) is 5.41 Å². The third-order valence-electron chi connectivity index (χ3n) is 4.19. The fraction of sp³-hybridized carbons (Fsp3) is 0.588. The Hall–Kier alpha value is -0.830. The maximum Gasteiger partial charge on any atom is 0.251 e. The van der Waals surface area contributed by atoms with Crippen molar-refractivity contribution < 1.29 is 4.79 Å². The molecule has 3 heteroatoms. The second kappa shape index (κ2) is 5.88. The van der Waals surface area contributed by atoms with Gasteiger partial charge in [-0.3, -0.25) is 4.79 Å². The highest BCUT2D eigenvalue weighted by Crippen LogP contribution is 2.48. The van der Waals surface area contributed by atoms with Crippen molar-refractivity contribution in [3.8, 4) is 0 Å². The van der Waals surface area contributed by atoms with E-state index in [0.717, 1.165) is 29.4 Å². The molecule has 0 atom stereocenters. The van der Waals surface area contributed by atoms with Crippen LogP contribution in [0.1, 0.15) is 56.0 Å². The molecule has 0 radical (unpaired) electrons. The van der Waals surface area contributed by atoms with Crippen molar-refractivity contribution in [1.82, 2.24) is 5.32 Å². The van der Waals surface area contributed by atoms with Crippen LogP contribution in [0.4, 0.5) is 0 Å². The Balaban J connectivity index is 2.07. The first-order chi connectivity index (χ1) is 9.38. The van der Waals surface area contributed by atoms with Gasteiger partial charge >= 0.3 is 0 Å². The van der Waals surface area contributed by atoms with E-state index in [1.54, 1.807) is 0 Å². The molecule has 0 bridgehead atoms. The second-order valence-corrected chi connectivity index (χ2v) is 7.71. The first-order valence-corrected chi connectivity index (χ1v) is 8.44. The molecule has 1 aliphatic rings. The topological polar surface area (TPSA) is 29.1 Å². The molecule has 0 aliphatic heterocycles. The first kappa shape index (κ1) is 15.6. The predicted octanol–water partition coefficient (Wildman–Crippen LogP) is 4.28. The standard InChI is InChI=1S/C17H24BrNO/c1-16(2,3)14-7-5-4-6-13(14)15(20)19-12-17(8-9-17)10-11-18/h4-7H,8-12H2,1-3H3,(H,19,20). The number of nitrogens with one attached hydrogen (secondary N) is 1. The van der Waals surface area contributed by atoms with E-state index in [4.69, 9.17) is 0 Å². The molecule has 1 amide bonds. The molecule has 1 aromatic carbocycles. The Morgan fingerprint density at radius 2 is 1.95 bits per heavy atom. The molecule has 0 saturated heterocycles. The van der Waals surface area contributed by atoms with E-state index in [2.05, 4.69) is 48.1 Å². The van der Waals surface area contributed by atoms with E-state index >= 15 is 0 Å². The third-order valence-corrected chi connectivity index (χ3v) is 4.58. The number of hydrogen-bond donors (Lipinski definition) is 1. The largest absolute Gasteiger partial charge is 0.351 e. The molecule has 1 aromatic rings. The zero-order valence-corrected chi connectivity index (χ0v) is 14.2. The fourth-order valence-electron chi connectivity index (χ4n) is 2.59. The minimum absolute atomic E-state index is 0.0128. The summed E-state index contributed by atoms with van der Waals surface area (Å²) in [5, 5.41) is 4.15. The summed E-state index contributed by atoms with van der Waals surface area (Å²) < 4.78 is 0. The predicted molar refractivity (Wildman–Crippen MR) is 87.6 cm³/mol. The Morgan fingerprint density at radius 1 is 1.30 bits per heavy atom. The number of benzene rings is 1. The van der Waals surface area contributed by atoms with E-state index in [9.17, 15) is 4.79 Å². The van der Waals surface area contributed by atoms with Crippen LogP contribution in [0.25, 0.3) is 0 Å². The number of halogens is 1. The summed E-state index contributed by atoms with van der Waals surface area (Å²) in [6.07, 6.45) is 3.62. The molecule has 20 heavy (non-hydrogen) atoms. The van der Waals surface area contributed by atoms with Gasteiger partial charge in [-0.2, -0.15) is 0 Å². The summed E-state index contributed by atoms with van der Waals surface area (Å²) in [6.45, 7) is 7.24. The van der Waals surface area contributed by atoms with Crippen molar-refractivity contribution in [3.63, 3.8) is 0 Å². The SMILES string of the molecule is CC(C)(C)c1ccccc1C(=O)NCC1(CCBr)CC1. The molecule has 1 N–H and O–H groups in total. The first-order valence-electron chi connectivity index (χ1n) is 7.32. The van der Waals surface area contributed by atoms with Gasteiger partial charge in [-0.05, 0) is 41.7 Å². The van der Waals surface area contributed by atoms with Crippen LogP contribution in [0.15, 0.2) is 24.3 Å². The van der Waals surface area contributed by atoms with E-state index in [1.807, 2.05) is 18.2 Å². The monoisotopic (exact) mass is 337 g/mol. The molecule has 0 unspecified atom stereocenters. The summed E-state index contributed by atoms with van der Waals surface area (Å²) in [4.78, 5) is 12.5. The van der Waals surface area contributed by atoms with Crippen LogP contribution in [-0.2, 0) is 5.41 Å². The molecular weight excluding hydrogens is 314 g/mol. The van der Waals surface area contributed by atoms with Crippen molar-refractivity contribution in [2.75, 3.05) is 11.9 Å². The lowest BCUT2D eigenvalue weighted by atomic mass is 9.83. The molecule has 110 valence electrons. The summed E-state index contributed by atoms with van der Waals surface area (Å²) >= 11 is 3.50. The number of carbonyl (C=O) groups excluding carboxylic acids is 1. The number of carbonyl (C=O) groups is 1. The number of alkyl halides is 1. The van der Waals surface area contributed by atoms with Crippen LogP contribution in [-0.4, -0.2) is 17.8 Å². The summed E-state index contributed by atoms with van der Waals surface area (Å²) in [5.74, 6) is 0.0661. The molecule has 0 heterocycles. The minimum atomic E-state index is -0.0128. The number of rotatable bonds is 5. The van der Waals surface area contributed by atoms with Crippen molar-refractivity contribution >= 4 is 21.8 Å².